The second kappa shape index (κ2) is 9.73. The van der Waals surface area contributed by atoms with E-state index in [-0.39, 0.29) is 18.6 Å². The number of aliphatic hydroxyl groups is 1. The van der Waals surface area contributed by atoms with E-state index in [9.17, 15) is 9.90 Å². The lowest BCUT2D eigenvalue weighted by Gasteiger charge is -2.35. The van der Waals surface area contributed by atoms with Crippen LogP contribution in [0.25, 0.3) is 0 Å². The molecular weight excluding hydrogens is 404 g/mol. The lowest BCUT2D eigenvalue weighted by Crippen LogP contribution is -2.48. The van der Waals surface area contributed by atoms with E-state index < -0.39 is 0 Å². The molecule has 1 aromatic carbocycles. The first-order chi connectivity index (χ1) is 15.5. The molecule has 4 rings (SSSR count). The number of fused-ring (bicyclic) bond motifs is 1. The first-order valence-corrected chi connectivity index (χ1v) is 11.7. The number of aliphatic hydroxyl groups excluding tert-OH is 1. The van der Waals surface area contributed by atoms with Crippen LogP contribution >= 0.6 is 0 Å². The minimum Gasteiger partial charge on any atom is -0.394 e. The van der Waals surface area contributed by atoms with Crippen molar-refractivity contribution < 1.29 is 9.90 Å². The molecule has 1 fully saturated rings. The highest BCUT2D eigenvalue weighted by molar-refractivity contribution is 5.73. The fraction of sp³-hybridized carbons (Fsp3) is 0.542. The number of rotatable bonds is 7. The fourth-order valence-electron chi connectivity index (χ4n) is 4.82. The SMILES string of the molecule is CCC(CC)N1c2nc(Nc3ccc(N4CCN(C(C)=O)CC4)cc3)ncc2CC1CO. The number of nitrogens with zero attached hydrogens (tertiary/aromatic N) is 5. The van der Waals surface area contributed by atoms with Gasteiger partial charge in [0, 0.05) is 68.7 Å². The molecule has 8 nitrogen and oxygen atoms in total. The van der Waals surface area contributed by atoms with Crippen molar-refractivity contribution in [2.75, 3.05) is 47.9 Å². The molecule has 3 heterocycles. The standard InChI is InChI=1S/C24H34N6O2/c1-4-20(5-2)30-22(16-31)14-18-15-25-24(27-23(18)30)26-19-6-8-21(9-7-19)29-12-10-28(11-13-29)17(3)32/h6-9,15,20,22,31H,4-5,10-14,16H2,1-3H3,(H,25,26,27). The molecule has 8 heteroatoms. The molecule has 1 saturated heterocycles. The van der Waals surface area contributed by atoms with Gasteiger partial charge in [0.15, 0.2) is 0 Å². The zero-order valence-corrected chi connectivity index (χ0v) is 19.3. The molecule has 172 valence electrons. The Balaban J connectivity index is 1.45. The molecule has 1 aromatic heterocycles. The van der Waals surface area contributed by atoms with Gasteiger partial charge in [0.2, 0.25) is 11.9 Å². The Labute approximate surface area is 190 Å². The van der Waals surface area contributed by atoms with E-state index in [1.54, 1.807) is 6.92 Å². The van der Waals surface area contributed by atoms with Gasteiger partial charge in [-0.05, 0) is 37.1 Å². The van der Waals surface area contributed by atoms with Crippen molar-refractivity contribution in [3.8, 4) is 0 Å². The number of piperazine rings is 1. The van der Waals surface area contributed by atoms with Crippen LogP contribution in [0.2, 0.25) is 0 Å². The van der Waals surface area contributed by atoms with E-state index in [0.717, 1.165) is 68.2 Å². The van der Waals surface area contributed by atoms with Crippen molar-refractivity contribution in [1.82, 2.24) is 14.9 Å². The van der Waals surface area contributed by atoms with Gasteiger partial charge in [-0.15, -0.1) is 0 Å². The number of aromatic nitrogens is 2. The summed E-state index contributed by atoms with van der Waals surface area (Å²) in [5.74, 6) is 1.66. The third kappa shape index (κ3) is 4.50. The molecule has 2 aliphatic rings. The predicted molar refractivity (Wildman–Crippen MR) is 128 cm³/mol. The van der Waals surface area contributed by atoms with Crippen molar-refractivity contribution in [2.24, 2.45) is 0 Å². The molecule has 2 aliphatic heterocycles. The average Bonchev–Trinajstić information content (AvgIpc) is 3.18. The summed E-state index contributed by atoms with van der Waals surface area (Å²) in [6, 6.07) is 8.70. The number of hydrogen-bond donors (Lipinski definition) is 2. The average molecular weight is 439 g/mol. The Bertz CT molecular complexity index is 915. The Kier molecular flexibility index (Phi) is 6.79. The smallest absolute Gasteiger partial charge is 0.229 e. The topological polar surface area (TPSA) is 84.8 Å². The van der Waals surface area contributed by atoms with E-state index in [1.807, 2.05) is 23.2 Å². The number of carbonyl (C=O) groups is 1. The summed E-state index contributed by atoms with van der Waals surface area (Å²) >= 11 is 0. The Morgan fingerprint density at radius 1 is 1.16 bits per heavy atom. The third-order valence-corrected chi connectivity index (χ3v) is 6.70. The van der Waals surface area contributed by atoms with Crippen molar-refractivity contribution >= 4 is 29.0 Å². The summed E-state index contributed by atoms with van der Waals surface area (Å²) in [5.41, 5.74) is 3.18. The van der Waals surface area contributed by atoms with Gasteiger partial charge < -0.3 is 25.1 Å². The zero-order valence-electron chi connectivity index (χ0n) is 19.3. The van der Waals surface area contributed by atoms with Gasteiger partial charge in [0.05, 0.1) is 12.6 Å². The van der Waals surface area contributed by atoms with Crippen LogP contribution < -0.4 is 15.1 Å². The number of anilines is 4. The van der Waals surface area contributed by atoms with Crippen LogP contribution in [0.3, 0.4) is 0 Å². The maximum Gasteiger partial charge on any atom is 0.229 e. The van der Waals surface area contributed by atoms with Gasteiger partial charge in [-0.3, -0.25) is 4.79 Å². The number of hydrogen-bond acceptors (Lipinski definition) is 7. The van der Waals surface area contributed by atoms with Gasteiger partial charge in [0.1, 0.15) is 5.82 Å². The van der Waals surface area contributed by atoms with Crippen molar-refractivity contribution in [3.05, 3.63) is 36.0 Å². The zero-order chi connectivity index (χ0) is 22.7. The molecule has 32 heavy (non-hydrogen) atoms. The van der Waals surface area contributed by atoms with E-state index in [4.69, 9.17) is 4.98 Å². The summed E-state index contributed by atoms with van der Waals surface area (Å²) in [5, 5.41) is 13.2. The number of amides is 1. The molecule has 1 amide bonds. The lowest BCUT2D eigenvalue weighted by molar-refractivity contribution is -0.129. The second-order valence-corrected chi connectivity index (χ2v) is 8.63. The van der Waals surface area contributed by atoms with Crippen molar-refractivity contribution in [3.63, 3.8) is 0 Å². The molecule has 2 aromatic rings. The minimum atomic E-state index is 0.0715. The quantitative estimate of drug-likeness (QED) is 0.688. The first-order valence-electron chi connectivity index (χ1n) is 11.7. The Hall–Kier alpha value is -2.87. The molecule has 2 N–H and O–H groups in total. The molecule has 0 spiro atoms. The van der Waals surface area contributed by atoms with Crippen molar-refractivity contribution in [2.45, 2.75) is 52.1 Å². The maximum absolute atomic E-state index is 11.5. The van der Waals surface area contributed by atoms with Crippen LogP contribution in [0.5, 0.6) is 0 Å². The highest BCUT2D eigenvalue weighted by Gasteiger charge is 2.34. The monoisotopic (exact) mass is 438 g/mol. The molecular formula is C24H34N6O2. The van der Waals surface area contributed by atoms with Gasteiger partial charge in [-0.25, -0.2) is 4.98 Å². The van der Waals surface area contributed by atoms with E-state index >= 15 is 0 Å². The van der Waals surface area contributed by atoms with E-state index in [1.165, 1.54) is 0 Å². The summed E-state index contributed by atoms with van der Waals surface area (Å²) in [6.45, 7) is 9.34. The van der Waals surface area contributed by atoms with Crippen LogP contribution in [0.4, 0.5) is 23.1 Å². The third-order valence-electron chi connectivity index (χ3n) is 6.70. The van der Waals surface area contributed by atoms with Gasteiger partial charge in [-0.1, -0.05) is 13.8 Å². The highest BCUT2D eigenvalue weighted by atomic mass is 16.3. The van der Waals surface area contributed by atoms with Crippen LogP contribution in [0.1, 0.15) is 39.2 Å². The highest BCUT2D eigenvalue weighted by Crippen LogP contribution is 2.34. The van der Waals surface area contributed by atoms with Crippen LogP contribution in [-0.4, -0.2) is 70.8 Å². The minimum absolute atomic E-state index is 0.0715. The molecule has 0 aliphatic carbocycles. The maximum atomic E-state index is 11.5. The molecule has 0 saturated carbocycles. The molecule has 0 radical (unpaired) electrons. The van der Waals surface area contributed by atoms with Crippen LogP contribution in [-0.2, 0) is 11.2 Å². The summed E-state index contributed by atoms with van der Waals surface area (Å²) < 4.78 is 0. The summed E-state index contributed by atoms with van der Waals surface area (Å²) in [6.07, 6.45) is 4.70. The van der Waals surface area contributed by atoms with E-state index in [2.05, 4.69) is 46.1 Å². The van der Waals surface area contributed by atoms with Crippen molar-refractivity contribution in [1.29, 1.82) is 0 Å². The lowest BCUT2D eigenvalue weighted by atomic mass is 10.1. The Morgan fingerprint density at radius 3 is 2.44 bits per heavy atom. The Morgan fingerprint density at radius 2 is 1.84 bits per heavy atom. The molecule has 0 bridgehead atoms. The van der Waals surface area contributed by atoms with Crippen LogP contribution in [0, 0.1) is 0 Å². The number of carbonyl (C=O) groups excluding carboxylic acids is 1. The summed E-state index contributed by atoms with van der Waals surface area (Å²) in [7, 11) is 0. The first kappa shape index (κ1) is 22.3. The molecule has 1 atom stereocenters. The van der Waals surface area contributed by atoms with Gasteiger partial charge >= 0.3 is 0 Å². The van der Waals surface area contributed by atoms with Crippen LogP contribution in [0.15, 0.2) is 30.5 Å². The normalized spacial score (nSPS) is 18.3. The fourth-order valence-corrected chi connectivity index (χ4v) is 4.82. The number of nitrogens with one attached hydrogen (secondary N) is 1. The molecule has 1 unspecified atom stereocenters. The number of benzene rings is 1. The van der Waals surface area contributed by atoms with Gasteiger partial charge in [0.25, 0.3) is 0 Å². The summed E-state index contributed by atoms with van der Waals surface area (Å²) in [4.78, 5) is 27.4. The predicted octanol–water partition coefficient (Wildman–Crippen LogP) is 2.80. The second-order valence-electron chi connectivity index (χ2n) is 8.63. The van der Waals surface area contributed by atoms with E-state index in [0.29, 0.717) is 12.0 Å². The largest absolute Gasteiger partial charge is 0.394 e. The van der Waals surface area contributed by atoms with Gasteiger partial charge in [-0.2, -0.15) is 4.98 Å².